The minimum Gasteiger partial charge on any atom is -0.179 e. The average Bonchev–Trinajstić information content (AvgIpc) is 2.85. The van der Waals surface area contributed by atoms with E-state index in [-0.39, 0.29) is 0 Å². The Morgan fingerprint density at radius 3 is 2.79 bits per heavy atom. The van der Waals surface area contributed by atoms with Crippen LogP contribution in [0.4, 0.5) is 0 Å². The van der Waals surface area contributed by atoms with E-state index in [4.69, 9.17) is 0 Å². The lowest BCUT2D eigenvalue weighted by atomic mass is 10.3. The Kier molecular flexibility index (Phi) is 3.67. The third kappa shape index (κ3) is 2.41. The maximum Gasteiger partial charge on any atom is 0.0445 e. The first-order valence-corrected chi connectivity index (χ1v) is 6.96. The van der Waals surface area contributed by atoms with Gasteiger partial charge < -0.3 is 0 Å². The Morgan fingerprint density at radius 2 is 2.07 bits per heavy atom. The molecule has 0 atom stereocenters. The van der Waals surface area contributed by atoms with Crippen molar-refractivity contribution in [2.45, 2.75) is 12.8 Å². The van der Waals surface area contributed by atoms with Crippen LogP contribution in [0.5, 0.6) is 0 Å². The van der Waals surface area contributed by atoms with Crippen LogP contribution in [-0.2, 0) is 6.42 Å². The van der Waals surface area contributed by atoms with Crippen LogP contribution >= 0.6 is 35.3 Å². The predicted octanol–water partition coefficient (Wildman–Crippen LogP) is 4.34. The van der Waals surface area contributed by atoms with Crippen molar-refractivity contribution in [3.63, 3.8) is 0 Å². The van der Waals surface area contributed by atoms with E-state index in [9.17, 15) is 0 Å². The zero-order valence-electron chi connectivity index (χ0n) is 7.77. The Morgan fingerprint density at radius 1 is 1.14 bits per heavy atom. The Labute approximate surface area is 98.0 Å². The van der Waals surface area contributed by atoms with E-state index in [0.717, 1.165) is 5.75 Å². The number of rotatable bonds is 4. The number of aryl methyl sites for hydroxylation is 1. The molecule has 2 rings (SSSR count). The second-order valence-corrected chi connectivity index (χ2v) is 5.63. The Hall–Kier alpha value is -0.250. The van der Waals surface area contributed by atoms with Crippen molar-refractivity contribution in [3.8, 4) is 9.75 Å². The van der Waals surface area contributed by atoms with Crippen molar-refractivity contribution in [2.24, 2.45) is 0 Å². The van der Waals surface area contributed by atoms with E-state index in [2.05, 4.69) is 42.3 Å². The van der Waals surface area contributed by atoms with Crippen molar-refractivity contribution < 1.29 is 0 Å². The minimum atomic E-state index is 0.978. The molecule has 0 radical (unpaired) electrons. The van der Waals surface area contributed by atoms with Crippen LogP contribution < -0.4 is 0 Å². The van der Waals surface area contributed by atoms with Gasteiger partial charge >= 0.3 is 0 Å². The number of hydrogen-bond donors (Lipinski definition) is 1. The first-order valence-electron chi connectivity index (χ1n) is 4.63. The lowest BCUT2D eigenvalue weighted by Gasteiger charge is -1.92. The van der Waals surface area contributed by atoms with Gasteiger partial charge in [0.2, 0.25) is 0 Å². The maximum absolute atomic E-state index is 4.22. The smallest absolute Gasteiger partial charge is 0.0445 e. The lowest BCUT2D eigenvalue weighted by Crippen LogP contribution is -1.79. The summed E-state index contributed by atoms with van der Waals surface area (Å²) >= 11 is 7.94. The summed E-state index contributed by atoms with van der Waals surface area (Å²) in [5.41, 5.74) is 0. The highest BCUT2D eigenvalue weighted by Crippen LogP contribution is 2.31. The van der Waals surface area contributed by atoms with Crippen molar-refractivity contribution in [1.29, 1.82) is 0 Å². The van der Waals surface area contributed by atoms with Crippen LogP contribution in [-0.4, -0.2) is 5.75 Å². The van der Waals surface area contributed by atoms with Crippen LogP contribution in [0.2, 0.25) is 0 Å². The van der Waals surface area contributed by atoms with Gasteiger partial charge in [0.25, 0.3) is 0 Å². The molecule has 0 saturated carbocycles. The highest BCUT2D eigenvalue weighted by Gasteiger charge is 2.02. The molecular weight excluding hydrogens is 228 g/mol. The largest absolute Gasteiger partial charge is 0.179 e. The van der Waals surface area contributed by atoms with Gasteiger partial charge in [-0.1, -0.05) is 6.07 Å². The molecule has 0 aliphatic heterocycles. The first-order chi connectivity index (χ1) is 6.90. The summed E-state index contributed by atoms with van der Waals surface area (Å²) in [5.74, 6) is 0.978. The molecule has 0 nitrogen and oxygen atoms in total. The van der Waals surface area contributed by atoms with Crippen LogP contribution in [0.25, 0.3) is 9.75 Å². The normalized spacial score (nSPS) is 10.6. The molecule has 3 heteroatoms. The van der Waals surface area contributed by atoms with E-state index < -0.39 is 0 Å². The molecule has 0 spiro atoms. The van der Waals surface area contributed by atoms with Gasteiger partial charge in [0.15, 0.2) is 0 Å². The number of hydrogen-bond acceptors (Lipinski definition) is 3. The topological polar surface area (TPSA) is 0 Å². The van der Waals surface area contributed by atoms with Crippen molar-refractivity contribution in [3.05, 3.63) is 34.5 Å². The summed E-state index contributed by atoms with van der Waals surface area (Å²) in [6, 6.07) is 8.75. The molecule has 0 aliphatic rings. The fourth-order valence-electron chi connectivity index (χ4n) is 1.32. The number of thiophene rings is 2. The monoisotopic (exact) mass is 240 g/mol. The first kappa shape index (κ1) is 10.3. The molecule has 0 bridgehead atoms. The van der Waals surface area contributed by atoms with Gasteiger partial charge in [-0.15, -0.1) is 22.7 Å². The van der Waals surface area contributed by atoms with Gasteiger partial charge in [0.05, 0.1) is 0 Å². The van der Waals surface area contributed by atoms with Crippen molar-refractivity contribution in [1.82, 2.24) is 0 Å². The molecule has 0 unspecified atom stereocenters. The van der Waals surface area contributed by atoms with Gasteiger partial charge in [-0.05, 0) is 42.2 Å². The van der Waals surface area contributed by atoms with E-state index in [0.29, 0.717) is 0 Å². The maximum atomic E-state index is 4.22. The molecule has 0 N–H and O–H groups in total. The van der Waals surface area contributed by atoms with Gasteiger partial charge in [-0.25, -0.2) is 0 Å². The van der Waals surface area contributed by atoms with Crippen LogP contribution in [0.15, 0.2) is 29.6 Å². The summed E-state index contributed by atoms with van der Waals surface area (Å²) in [5, 5.41) is 2.13. The van der Waals surface area contributed by atoms with E-state index >= 15 is 0 Å². The van der Waals surface area contributed by atoms with E-state index in [1.807, 2.05) is 22.7 Å². The molecule has 2 aromatic heterocycles. The summed E-state index contributed by atoms with van der Waals surface area (Å²) < 4.78 is 0. The highest BCUT2D eigenvalue weighted by atomic mass is 32.1. The molecule has 14 heavy (non-hydrogen) atoms. The minimum absolute atomic E-state index is 0.978. The van der Waals surface area contributed by atoms with E-state index in [1.165, 1.54) is 27.5 Å². The quantitative estimate of drug-likeness (QED) is 0.755. The average molecular weight is 240 g/mol. The fraction of sp³-hybridized carbons (Fsp3) is 0.273. The number of thiol groups is 1. The Balaban J connectivity index is 2.10. The standard InChI is InChI=1S/C11H12S3/c12-7-1-3-9-5-6-11(14-9)10-4-2-8-13-10/h2,4-6,8,12H,1,3,7H2. The van der Waals surface area contributed by atoms with Gasteiger partial charge in [0.1, 0.15) is 0 Å². The van der Waals surface area contributed by atoms with Crippen LogP contribution in [0, 0.1) is 0 Å². The van der Waals surface area contributed by atoms with Gasteiger partial charge in [-0.2, -0.15) is 12.6 Å². The second kappa shape index (κ2) is 5.01. The zero-order chi connectivity index (χ0) is 9.80. The molecule has 2 heterocycles. The summed E-state index contributed by atoms with van der Waals surface area (Å²) in [6.07, 6.45) is 2.34. The molecule has 2 aromatic rings. The van der Waals surface area contributed by atoms with Crippen molar-refractivity contribution in [2.75, 3.05) is 5.75 Å². The molecule has 0 aliphatic carbocycles. The zero-order valence-corrected chi connectivity index (χ0v) is 10.3. The fourth-order valence-corrected chi connectivity index (χ4v) is 3.36. The SMILES string of the molecule is SCCCc1ccc(-c2cccs2)s1. The van der Waals surface area contributed by atoms with Crippen LogP contribution in [0.3, 0.4) is 0 Å². The molecule has 0 amide bonds. The van der Waals surface area contributed by atoms with Gasteiger partial charge in [0, 0.05) is 14.6 Å². The Bertz CT molecular complexity index is 373. The highest BCUT2D eigenvalue weighted by molar-refractivity contribution is 7.80. The van der Waals surface area contributed by atoms with Crippen LogP contribution in [0.1, 0.15) is 11.3 Å². The predicted molar refractivity (Wildman–Crippen MR) is 69.8 cm³/mol. The molecule has 74 valence electrons. The van der Waals surface area contributed by atoms with Gasteiger partial charge in [-0.3, -0.25) is 0 Å². The molecular formula is C11H12S3. The molecule has 0 fully saturated rings. The summed E-state index contributed by atoms with van der Waals surface area (Å²) in [6.45, 7) is 0. The summed E-state index contributed by atoms with van der Waals surface area (Å²) in [7, 11) is 0. The van der Waals surface area contributed by atoms with Crippen molar-refractivity contribution >= 4 is 35.3 Å². The summed E-state index contributed by atoms with van der Waals surface area (Å²) in [4.78, 5) is 4.25. The van der Waals surface area contributed by atoms with E-state index in [1.54, 1.807) is 0 Å². The second-order valence-electron chi connectivity index (χ2n) is 3.07. The third-order valence-electron chi connectivity index (χ3n) is 2.01. The lowest BCUT2D eigenvalue weighted by molar-refractivity contribution is 0.955. The molecule has 0 aromatic carbocycles. The molecule has 0 saturated heterocycles. The third-order valence-corrected chi connectivity index (χ3v) is 4.53.